The fourth-order valence-electron chi connectivity index (χ4n) is 3.77. The van der Waals surface area contributed by atoms with Crippen molar-refractivity contribution >= 4 is 33.5 Å². The van der Waals surface area contributed by atoms with Crippen molar-refractivity contribution in [1.29, 1.82) is 0 Å². The molecule has 2 heterocycles. The number of phenols is 1. The minimum atomic E-state index is -0.139. The summed E-state index contributed by atoms with van der Waals surface area (Å²) in [6, 6.07) is 5.50. The van der Waals surface area contributed by atoms with Crippen LogP contribution in [0.25, 0.3) is 10.2 Å². The van der Waals surface area contributed by atoms with E-state index in [0.717, 1.165) is 48.4 Å². The summed E-state index contributed by atoms with van der Waals surface area (Å²) in [5.41, 5.74) is 2.54. The molecule has 7 heteroatoms. The summed E-state index contributed by atoms with van der Waals surface area (Å²) >= 11 is 1.63. The van der Waals surface area contributed by atoms with Crippen LogP contribution in [-0.2, 0) is 12.8 Å². The molecule has 0 spiro atoms. The Balaban J connectivity index is 1.67. The van der Waals surface area contributed by atoms with E-state index >= 15 is 0 Å². The number of anilines is 1. The summed E-state index contributed by atoms with van der Waals surface area (Å²) in [7, 11) is 0. The van der Waals surface area contributed by atoms with Gasteiger partial charge in [0.15, 0.2) is 0 Å². The first-order valence-electron chi connectivity index (χ1n) is 9.76. The molecule has 0 atom stereocenters. The molecule has 0 saturated heterocycles. The second-order valence-electron chi connectivity index (χ2n) is 6.95. The van der Waals surface area contributed by atoms with Gasteiger partial charge < -0.3 is 10.0 Å². The van der Waals surface area contributed by atoms with E-state index in [4.69, 9.17) is 0 Å². The number of phenolic OH excluding ortho intramolecular Hbond substituents is 1. The van der Waals surface area contributed by atoms with Crippen molar-refractivity contribution in [1.82, 2.24) is 9.66 Å². The summed E-state index contributed by atoms with van der Waals surface area (Å²) < 4.78 is 1.27. The minimum Gasteiger partial charge on any atom is -0.507 e. The van der Waals surface area contributed by atoms with Crippen LogP contribution in [-0.4, -0.2) is 34.1 Å². The lowest BCUT2D eigenvalue weighted by Crippen LogP contribution is -2.21. The predicted molar refractivity (Wildman–Crippen MR) is 115 cm³/mol. The van der Waals surface area contributed by atoms with E-state index in [1.165, 1.54) is 28.5 Å². The number of aromatic hydroxyl groups is 1. The van der Waals surface area contributed by atoms with E-state index in [1.807, 2.05) is 12.1 Å². The van der Waals surface area contributed by atoms with E-state index in [0.29, 0.717) is 10.9 Å². The van der Waals surface area contributed by atoms with Gasteiger partial charge in [0.2, 0.25) is 0 Å². The standard InChI is InChI=1S/C21H24N4O2S/c1-3-24(4-2)15-10-9-14(17(26)11-15)12-23-25-13-22-20-19(21(25)27)16-7-5-6-8-18(16)28-20/h9-13,26H,3-8H2,1-2H3. The normalized spacial score (nSPS) is 13.9. The van der Waals surface area contributed by atoms with E-state index in [2.05, 4.69) is 28.8 Å². The van der Waals surface area contributed by atoms with Gasteiger partial charge >= 0.3 is 0 Å². The zero-order chi connectivity index (χ0) is 19.7. The monoisotopic (exact) mass is 396 g/mol. The molecule has 0 radical (unpaired) electrons. The molecule has 1 N–H and O–H groups in total. The third-order valence-corrected chi connectivity index (χ3v) is 6.52. The van der Waals surface area contributed by atoms with Gasteiger partial charge in [0.05, 0.1) is 11.6 Å². The number of hydrogen-bond donors (Lipinski definition) is 1. The first-order valence-corrected chi connectivity index (χ1v) is 10.6. The first kappa shape index (κ1) is 18.7. The molecule has 0 bridgehead atoms. The van der Waals surface area contributed by atoms with Crippen molar-refractivity contribution in [3.63, 3.8) is 0 Å². The second kappa shape index (κ2) is 7.75. The first-order chi connectivity index (χ1) is 13.6. The largest absolute Gasteiger partial charge is 0.507 e. The van der Waals surface area contributed by atoms with Crippen molar-refractivity contribution in [3.8, 4) is 5.75 Å². The Morgan fingerprint density at radius 3 is 2.82 bits per heavy atom. The Hall–Kier alpha value is -2.67. The predicted octanol–water partition coefficient (Wildman–Crippen LogP) is 3.77. The van der Waals surface area contributed by atoms with Crippen molar-refractivity contribution in [2.45, 2.75) is 39.5 Å². The average molecular weight is 397 g/mol. The van der Waals surface area contributed by atoms with Crippen LogP contribution in [0, 0.1) is 0 Å². The van der Waals surface area contributed by atoms with Crippen molar-refractivity contribution in [2.24, 2.45) is 5.10 Å². The van der Waals surface area contributed by atoms with E-state index in [1.54, 1.807) is 17.4 Å². The van der Waals surface area contributed by atoms with Gasteiger partial charge in [0.1, 0.15) is 16.9 Å². The molecule has 1 aromatic carbocycles. The third-order valence-electron chi connectivity index (χ3n) is 5.32. The van der Waals surface area contributed by atoms with Crippen molar-refractivity contribution in [3.05, 3.63) is 50.9 Å². The minimum absolute atomic E-state index is 0.139. The fourth-order valence-corrected chi connectivity index (χ4v) is 4.99. The Morgan fingerprint density at radius 2 is 2.07 bits per heavy atom. The molecule has 0 unspecified atom stereocenters. The molecule has 28 heavy (non-hydrogen) atoms. The van der Waals surface area contributed by atoms with Gasteiger partial charge in [-0.1, -0.05) is 0 Å². The molecular formula is C21H24N4O2S. The van der Waals surface area contributed by atoms with Crippen LogP contribution in [0.15, 0.2) is 34.4 Å². The molecular weight excluding hydrogens is 372 g/mol. The van der Waals surface area contributed by atoms with E-state index < -0.39 is 0 Å². The molecule has 6 nitrogen and oxygen atoms in total. The highest BCUT2D eigenvalue weighted by atomic mass is 32.1. The van der Waals surface area contributed by atoms with Crippen LogP contribution in [0.2, 0.25) is 0 Å². The summed E-state index contributed by atoms with van der Waals surface area (Å²) in [6.45, 7) is 5.90. The van der Waals surface area contributed by atoms with Gasteiger partial charge in [-0.2, -0.15) is 9.78 Å². The van der Waals surface area contributed by atoms with Crippen LogP contribution >= 0.6 is 11.3 Å². The molecule has 0 amide bonds. The molecule has 0 saturated carbocycles. The van der Waals surface area contributed by atoms with Crippen molar-refractivity contribution < 1.29 is 5.11 Å². The average Bonchev–Trinajstić information content (AvgIpc) is 3.09. The summed E-state index contributed by atoms with van der Waals surface area (Å²) in [5, 5.41) is 15.3. The number of rotatable bonds is 5. The zero-order valence-corrected chi connectivity index (χ0v) is 17.0. The van der Waals surface area contributed by atoms with Crippen LogP contribution in [0.1, 0.15) is 42.7 Å². The van der Waals surface area contributed by atoms with Gasteiger partial charge in [0.25, 0.3) is 5.56 Å². The van der Waals surface area contributed by atoms with Gasteiger partial charge in [-0.05, 0) is 57.2 Å². The lowest BCUT2D eigenvalue weighted by atomic mass is 9.97. The van der Waals surface area contributed by atoms with Gasteiger partial charge in [-0.25, -0.2) is 4.98 Å². The Kier molecular flexibility index (Phi) is 5.17. The Bertz CT molecular complexity index is 1100. The van der Waals surface area contributed by atoms with Gasteiger partial charge in [-0.3, -0.25) is 4.79 Å². The number of nitrogens with zero attached hydrogens (tertiary/aromatic N) is 4. The number of benzene rings is 1. The highest BCUT2D eigenvalue weighted by Crippen LogP contribution is 2.33. The number of thiophene rings is 1. The van der Waals surface area contributed by atoms with Gasteiger partial charge in [-0.15, -0.1) is 11.3 Å². The highest BCUT2D eigenvalue weighted by Gasteiger charge is 2.19. The maximum atomic E-state index is 12.9. The summed E-state index contributed by atoms with van der Waals surface area (Å²) in [4.78, 5) is 21.6. The van der Waals surface area contributed by atoms with E-state index in [-0.39, 0.29) is 11.3 Å². The molecule has 3 aromatic rings. The summed E-state index contributed by atoms with van der Waals surface area (Å²) in [5.74, 6) is 0.142. The molecule has 0 fully saturated rings. The molecule has 0 aliphatic heterocycles. The third kappa shape index (κ3) is 3.30. The number of aromatic nitrogens is 2. The maximum absolute atomic E-state index is 12.9. The van der Waals surface area contributed by atoms with Crippen LogP contribution in [0.3, 0.4) is 0 Å². The number of hydrogen-bond acceptors (Lipinski definition) is 6. The topological polar surface area (TPSA) is 70.7 Å². The zero-order valence-electron chi connectivity index (χ0n) is 16.2. The molecule has 1 aliphatic rings. The summed E-state index contributed by atoms with van der Waals surface area (Å²) in [6.07, 6.45) is 7.23. The lowest BCUT2D eigenvalue weighted by molar-refractivity contribution is 0.474. The Morgan fingerprint density at radius 1 is 1.29 bits per heavy atom. The SMILES string of the molecule is CCN(CC)c1ccc(C=Nn2cnc3sc4c(c3c2=O)CCCC4)c(O)c1. The molecule has 1 aliphatic carbocycles. The second-order valence-corrected chi connectivity index (χ2v) is 8.03. The molecule has 4 rings (SSSR count). The quantitative estimate of drug-likeness (QED) is 0.667. The van der Waals surface area contributed by atoms with Crippen LogP contribution < -0.4 is 10.5 Å². The lowest BCUT2D eigenvalue weighted by Gasteiger charge is -2.21. The Labute approximate surface area is 167 Å². The van der Waals surface area contributed by atoms with Crippen molar-refractivity contribution in [2.75, 3.05) is 18.0 Å². The smallest absolute Gasteiger partial charge is 0.282 e. The maximum Gasteiger partial charge on any atom is 0.282 e. The molecule has 146 valence electrons. The highest BCUT2D eigenvalue weighted by molar-refractivity contribution is 7.18. The van der Waals surface area contributed by atoms with Gasteiger partial charge in [0, 0.05) is 35.3 Å². The molecule has 2 aromatic heterocycles. The number of aryl methyl sites for hydroxylation is 2. The fraction of sp³-hybridized carbons (Fsp3) is 0.381. The van der Waals surface area contributed by atoms with Crippen LogP contribution in [0.5, 0.6) is 5.75 Å². The van der Waals surface area contributed by atoms with Crippen LogP contribution in [0.4, 0.5) is 5.69 Å². The number of fused-ring (bicyclic) bond motifs is 3. The van der Waals surface area contributed by atoms with E-state index in [9.17, 15) is 9.90 Å².